The van der Waals surface area contributed by atoms with Crippen LogP contribution in [0.2, 0.25) is 0 Å². The van der Waals surface area contributed by atoms with E-state index >= 15 is 0 Å². The third kappa shape index (κ3) is 4.60. The van der Waals surface area contributed by atoms with Crippen molar-refractivity contribution >= 4 is 0 Å². The first-order valence-corrected chi connectivity index (χ1v) is 5.63. The Morgan fingerprint density at radius 3 is 2.35 bits per heavy atom. The zero-order chi connectivity index (χ0) is 12.5. The van der Waals surface area contributed by atoms with E-state index in [2.05, 4.69) is 0 Å². The van der Waals surface area contributed by atoms with Crippen molar-refractivity contribution in [3.05, 3.63) is 71.7 Å². The van der Waals surface area contributed by atoms with E-state index in [9.17, 15) is 5.11 Å². The van der Waals surface area contributed by atoms with Crippen LogP contribution in [0.1, 0.15) is 19.4 Å². The average molecular weight is 230 g/mol. The standard InChI is InChI=1S/C15H18O2/c1-3-8-14(16)15(9-4-2)17-12-13-10-6-5-7-11-13/h3-11,16H,12H2,1-2H3/b8-3-,9-4-,15-14-. The lowest BCUT2D eigenvalue weighted by Crippen LogP contribution is -1.95. The summed E-state index contributed by atoms with van der Waals surface area (Å²) in [6.07, 6.45) is 6.96. The molecular weight excluding hydrogens is 212 g/mol. The molecule has 0 aliphatic heterocycles. The zero-order valence-electron chi connectivity index (χ0n) is 10.3. The first kappa shape index (κ1) is 13.1. The lowest BCUT2D eigenvalue weighted by Gasteiger charge is -2.08. The minimum atomic E-state index is 0.140. The lowest BCUT2D eigenvalue weighted by atomic mass is 10.2. The van der Waals surface area contributed by atoms with Gasteiger partial charge in [0.2, 0.25) is 0 Å². The maximum Gasteiger partial charge on any atom is 0.161 e. The molecule has 0 saturated heterocycles. The van der Waals surface area contributed by atoms with Crippen molar-refractivity contribution in [2.24, 2.45) is 0 Å². The quantitative estimate of drug-likeness (QED) is 0.609. The molecule has 2 heteroatoms. The molecule has 0 fully saturated rings. The molecular formula is C15H18O2. The molecule has 0 atom stereocenters. The van der Waals surface area contributed by atoms with Crippen LogP contribution in [0.25, 0.3) is 0 Å². The van der Waals surface area contributed by atoms with Crippen molar-refractivity contribution < 1.29 is 9.84 Å². The minimum Gasteiger partial charge on any atom is -0.504 e. The molecule has 1 aromatic rings. The van der Waals surface area contributed by atoms with E-state index < -0.39 is 0 Å². The fraction of sp³-hybridized carbons (Fsp3) is 0.200. The van der Waals surface area contributed by atoms with Gasteiger partial charge in [-0.25, -0.2) is 0 Å². The molecule has 0 unspecified atom stereocenters. The molecule has 0 radical (unpaired) electrons. The number of hydrogen-bond donors (Lipinski definition) is 1. The summed E-state index contributed by atoms with van der Waals surface area (Å²) in [7, 11) is 0. The molecule has 0 heterocycles. The Bertz CT molecular complexity index is 414. The van der Waals surface area contributed by atoms with Gasteiger partial charge in [0.1, 0.15) is 6.61 Å². The zero-order valence-corrected chi connectivity index (χ0v) is 10.3. The van der Waals surface area contributed by atoms with Crippen LogP contribution >= 0.6 is 0 Å². The number of aliphatic hydroxyl groups excluding tert-OH is 1. The molecule has 0 spiro atoms. The highest BCUT2D eigenvalue weighted by Gasteiger charge is 2.01. The number of allylic oxidation sites excluding steroid dienone is 4. The van der Waals surface area contributed by atoms with Gasteiger partial charge in [-0.3, -0.25) is 0 Å². The maximum atomic E-state index is 9.73. The monoisotopic (exact) mass is 230 g/mol. The molecule has 0 aromatic heterocycles. The summed E-state index contributed by atoms with van der Waals surface area (Å²) in [5.74, 6) is 0.621. The molecule has 0 aliphatic rings. The Balaban J connectivity index is 2.72. The molecule has 0 amide bonds. The Kier molecular flexibility index (Phi) is 5.66. The summed E-state index contributed by atoms with van der Waals surface area (Å²) < 4.78 is 5.57. The molecule has 1 aromatic carbocycles. The fourth-order valence-electron chi connectivity index (χ4n) is 1.33. The van der Waals surface area contributed by atoms with Crippen molar-refractivity contribution in [2.75, 3.05) is 0 Å². The van der Waals surface area contributed by atoms with E-state index in [1.165, 1.54) is 0 Å². The van der Waals surface area contributed by atoms with Crippen LogP contribution in [0.15, 0.2) is 66.2 Å². The van der Waals surface area contributed by atoms with Crippen LogP contribution < -0.4 is 0 Å². The second-order valence-corrected chi connectivity index (χ2v) is 3.52. The maximum absolute atomic E-state index is 9.73. The van der Waals surface area contributed by atoms with Crippen LogP contribution in [0, 0.1) is 0 Å². The summed E-state index contributed by atoms with van der Waals surface area (Å²) in [6, 6.07) is 9.86. The van der Waals surface area contributed by atoms with Crippen molar-refractivity contribution in [3.8, 4) is 0 Å². The fourth-order valence-corrected chi connectivity index (χ4v) is 1.33. The van der Waals surface area contributed by atoms with Crippen molar-refractivity contribution in [1.82, 2.24) is 0 Å². The normalized spacial score (nSPS) is 13.1. The van der Waals surface area contributed by atoms with E-state index in [-0.39, 0.29) is 5.76 Å². The molecule has 1 rings (SSSR count). The highest BCUT2D eigenvalue weighted by molar-refractivity contribution is 5.24. The topological polar surface area (TPSA) is 29.5 Å². The SMILES string of the molecule is C\C=C/C(O)=C(\C=C/C)OCc1ccccc1. The van der Waals surface area contributed by atoms with Gasteiger partial charge in [-0.05, 0) is 31.6 Å². The number of hydrogen-bond acceptors (Lipinski definition) is 2. The predicted molar refractivity (Wildman–Crippen MR) is 70.5 cm³/mol. The molecule has 0 aliphatic carbocycles. The molecule has 0 bridgehead atoms. The molecule has 2 nitrogen and oxygen atoms in total. The Labute approximate surface area is 103 Å². The summed E-state index contributed by atoms with van der Waals surface area (Å²) >= 11 is 0. The summed E-state index contributed by atoms with van der Waals surface area (Å²) in [4.78, 5) is 0. The molecule has 1 N–H and O–H groups in total. The minimum absolute atomic E-state index is 0.140. The van der Waals surface area contributed by atoms with Crippen molar-refractivity contribution in [1.29, 1.82) is 0 Å². The van der Waals surface area contributed by atoms with Gasteiger partial charge < -0.3 is 9.84 Å². The second kappa shape index (κ2) is 7.34. The van der Waals surface area contributed by atoms with Crippen LogP contribution in [-0.4, -0.2) is 5.11 Å². The summed E-state index contributed by atoms with van der Waals surface area (Å²) in [5.41, 5.74) is 1.07. The number of aliphatic hydroxyl groups is 1. The van der Waals surface area contributed by atoms with Gasteiger partial charge in [0.15, 0.2) is 11.5 Å². The molecule has 0 saturated carbocycles. The number of ether oxygens (including phenoxy) is 1. The Hall–Kier alpha value is -1.96. The van der Waals surface area contributed by atoms with Gasteiger partial charge in [-0.2, -0.15) is 0 Å². The van der Waals surface area contributed by atoms with Crippen LogP contribution in [-0.2, 0) is 11.3 Å². The van der Waals surface area contributed by atoms with Gasteiger partial charge in [0.05, 0.1) is 0 Å². The van der Waals surface area contributed by atoms with E-state index in [0.717, 1.165) is 5.56 Å². The molecule has 17 heavy (non-hydrogen) atoms. The highest BCUT2D eigenvalue weighted by Crippen LogP contribution is 2.11. The van der Waals surface area contributed by atoms with Crippen LogP contribution in [0.3, 0.4) is 0 Å². The third-order valence-electron chi connectivity index (χ3n) is 2.13. The van der Waals surface area contributed by atoms with Gasteiger partial charge in [0, 0.05) is 0 Å². The first-order valence-electron chi connectivity index (χ1n) is 5.63. The predicted octanol–water partition coefficient (Wildman–Crippen LogP) is 4.13. The first-order chi connectivity index (χ1) is 8.27. The van der Waals surface area contributed by atoms with Crippen LogP contribution in [0.5, 0.6) is 0 Å². The second-order valence-electron chi connectivity index (χ2n) is 3.52. The number of benzene rings is 1. The molecule has 90 valence electrons. The van der Waals surface area contributed by atoms with Gasteiger partial charge in [-0.15, -0.1) is 0 Å². The average Bonchev–Trinajstić information content (AvgIpc) is 2.36. The largest absolute Gasteiger partial charge is 0.504 e. The van der Waals surface area contributed by atoms with Gasteiger partial charge >= 0.3 is 0 Å². The van der Waals surface area contributed by atoms with Crippen molar-refractivity contribution in [3.63, 3.8) is 0 Å². The number of rotatable bonds is 5. The van der Waals surface area contributed by atoms with E-state index in [0.29, 0.717) is 12.4 Å². The Morgan fingerprint density at radius 2 is 1.76 bits per heavy atom. The summed E-state index contributed by atoms with van der Waals surface area (Å²) in [6.45, 7) is 4.18. The van der Waals surface area contributed by atoms with Crippen LogP contribution in [0.4, 0.5) is 0 Å². The lowest BCUT2D eigenvalue weighted by molar-refractivity contribution is 0.194. The smallest absolute Gasteiger partial charge is 0.161 e. The van der Waals surface area contributed by atoms with Gasteiger partial charge in [0.25, 0.3) is 0 Å². The highest BCUT2D eigenvalue weighted by atomic mass is 16.5. The van der Waals surface area contributed by atoms with E-state index in [1.807, 2.05) is 50.3 Å². The van der Waals surface area contributed by atoms with Crippen molar-refractivity contribution in [2.45, 2.75) is 20.5 Å². The van der Waals surface area contributed by atoms with E-state index in [4.69, 9.17) is 4.74 Å². The summed E-state index contributed by atoms with van der Waals surface area (Å²) in [5, 5.41) is 9.73. The van der Waals surface area contributed by atoms with Gasteiger partial charge in [-0.1, -0.05) is 42.5 Å². The Morgan fingerprint density at radius 1 is 1.12 bits per heavy atom. The van der Waals surface area contributed by atoms with E-state index in [1.54, 1.807) is 18.2 Å². The third-order valence-corrected chi connectivity index (χ3v) is 2.13.